The molecule has 1 aromatic rings. The molecule has 1 aromatic heterocycles. The molecule has 13 heavy (non-hydrogen) atoms. The van der Waals surface area contributed by atoms with Crippen molar-refractivity contribution in [3.8, 4) is 0 Å². The van der Waals surface area contributed by atoms with E-state index in [1.807, 2.05) is 13.0 Å². The van der Waals surface area contributed by atoms with E-state index in [-0.39, 0.29) is 6.10 Å². The van der Waals surface area contributed by atoms with Crippen molar-refractivity contribution in [1.29, 1.82) is 0 Å². The SMILES string of the molecule is Cc1cc(Br)cnc1NCC(C)O. The predicted octanol–water partition coefficient (Wildman–Crippen LogP) is 1.95. The molecule has 0 aliphatic heterocycles. The van der Waals surface area contributed by atoms with Crippen molar-refractivity contribution >= 4 is 21.7 Å². The smallest absolute Gasteiger partial charge is 0.129 e. The molecule has 1 atom stereocenters. The summed E-state index contributed by atoms with van der Waals surface area (Å²) in [7, 11) is 0. The highest BCUT2D eigenvalue weighted by atomic mass is 79.9. The molecule has 0 spiro atoms. The van der Waals surface area contributed by atoms with Gasteiger partial charge in [-0.15, -0.1) is 0 Å². The first-order valence-electron chi connectivity index (χ1n) is 4.13. The predicted molar refractivity (Wildman–Crippen MR) is 56.8 cm³/mol. The summed E-state index contributed by atoms with van der Waals surface area (Å²) in [6.45, 7) is 4.23. The number of pyridine rings is 1. The van der Waals surface area contributed by atoms with Gasteiger partial charge in [0.15, 0.2) is 0 Å². The van der Waals surface area contributed by atoms with E-state index in [9.17, 15) is 0 Å². The van der Waals surface area contributed by atoms with Crippen molar-refractivity contribution in [1.82, 2.24) is 4.98 Å². The van der Waals surface area contributed by atoms with Gasteiger partial charge in [0.05, 0.1) is 6.10 Å². The van der Waals surface area contributed by atoms with E-state index >= 15 is 0 Å². The Labute approximate surface area is 86.3 Å². The van der Waals surface area contributed by atoms with Gasteiger partial charge in [-0.05, 0) is 41.4 Å². The minimum atomic E-state index is -0.357. The molecule has 0 aliphatic carbocycles. The third kappa shape index (κ3) is 3.32. The fourth-order valence-electron chi connectivity index (χ4n) is 0.970. The van der Waals surface area contributed by atoms with Crippen LogP contribution in [0, 0.1) is 6.92 Å². The van der Waals surface area contributed by atoms with Crippen molar-refractivity contribution in [2.75, 3.05) is 11.9 Å². The summed E-state index contributed by atoms with van der Waals surface area (Å²) in [6, 6.07) is 1.98. The topological polar surface area (TPSA) is 45.2 Å². The van der Waals surface area contributed by atoms with Gasteiger partial charge >= 0.3 is 0 Å². The molecular formula is C9H13BrN2O. The van der Waals surface area contributed by atoms with Crippen molar-refractivity contribution in [3.63, 3.8) is 0 Å². The summed E-state index contributed by atoms with van der Waals surface area (Å²) in [5, 5.41) is 12.1. The molecular weight excluding hydrogens is 232 g/mol. The molecule has 0 bridgehead atoms. The standard InChI is InChI=1S/C9H13BrN2O/c1-6-3-8(10)5-12-9(6)11-4-7(2)13/h3,5,7,13H,4H2,1-2H3,(H,11,12). The Kier molecular flexibility index (Phi) is 3.69. The second kappa shape index (κ2) is 4.58. The van der Waals surface area contributed by atoms with Crippen LogP contribution in [-0.2, 0) is 0 Å². The van der Waals surface area contributed by atoms with Crippen LogP contribution < -0.4 is 5.32 Å². The van der Waals surface area contributed by atoms with Crippen LogP contribution in [0.15, 0.2) is 16.7 Å². The Bertz CT molecular complexity index is 289. The molecule has 0 aliphatic rings. The van der Waals surface area contributed by atoms with Crippen LogP contribution >= 0.6 is 15.9 Å². The first-order chi connectivity index (χ1) is 6.09. The second-order valence-corrected chi connectivity index (χ2v) is 3.96. The lowest BCUT2D eigenvalue weighted by Crippen LogP contribution is -2.16. The molecule has 2 N–H and O–H groups in total. The fourth-order valence-corrected chi connectivity index (χ4v) is 1.42. The molecule has 1 rings (SSSR count). The first kappa shape index (κ1) is 10.5. The average molecular weight is 245 g/mol. The number of nitrogens with one attached hydrogen (secondary N) is 1. The summed E-state index contributed by atoms with van der Waals surface area (Å²) in [6.07, 6.45) is 1.38. The Morgan fingerprint density at radius 3 is 2.92 bits per heavy atom. The van der Waals surface area contributed by atoms with Gasteiger partial charge in [-0.1, -0.05) is 0 Å². The Balaban J connectivity index is 2.67. The summed E-state index contributed by atoms with van der Waals surface area (Å²) in [4.78, 5) is 4.18. The zero-order chi connectivity index (χ0) is 9.84. The third-order valence-electron chi connectivity index (χ3n) is 1.61. The molecule has 0 radical (unpaired) electrons. The van der Waals surface area contributed by atoms with Crippen molar-refractivity contribution < 1.29 is 5.11 Å². The number of aromatic nitrogens is 1. The molecule has 0 saturated heterocycles. The lowest BCUT2D eigenvalue weighted by atomic mass is 10.3. The normalized spacial score (nSPS) is 12.6. The van der Waals surface area contributed by atoms with Gasteiger partial charge in [-0.25, -0.2) is 4.98 Å². The van der Waals surface area contributed by atoms with Crippen molar-refractivity contribution in [2.24, 2.45) is 0 Å². The van der Waals surface area contributed by atoms with E-state index in [2.05, 4.69) is 26.2 Å². The first-order valence-corrected chi connectivity index (χ1v) is 4.93. The largest absolute Gasteiger partial charge is 0.392 e. The monoisotopic (exact) mass is 244 g/mol. The fraction of sp³-hybridized carbons (Fsp3) is 0.444. The number of aliphatic hydroxyl groups excluding tert-OH is 1. The summed E-state index contributed by atoms with van der Waals surface area (Å²) >= 11 is 3.34. The Morgan fingerprint density at radius 1 is 1.69 bits per heavy atom. The third-order valence-corrected chi connectivity index (χ3v) is 2.04. The molecule has 0 saturated carbocycles. The number of nitrogens with zero attached hydrogens (tertiary/aromatic N) is 1. The molecule has 0 fully saturated rings. The number of aryl methyl sites for hydroxylation is 1. The van der Waals surface area contributed by atoms with Gasteiger partial charge in [0.2, 0.25) is 0 Å². The molecule has 0 aromatic carbocycles. The van der Waals surface area contributed by atoms with Gasteiger partial charge in [-0.3, -0.25) is 0 Å². The Morgan fingerprint density at radius 2 is 2.38 bits per heavy atom. The van der Waals surface area contributed by atoms with Gasteiger partial charge in [0, 0.05) is 17.2 Å². The molecule has 1 unspecified atom stereocenters. The highest BCUT2D eigenvalue weighted by molar-refractivity contribution is 9.10. The molecule has 4 heteroatoms. The van der Waals surface area contributed by atoms with Crippen LogP contribution in [0.2, 0.25) is 0 Å². The molecule has 72 valence electrons. The van der Waals surface area contributed by atoms with E-state index < -0.39 is 0 Å². The maximum Gasteiger partial charge on any atom is 0.129 e. The van der Waals surface area contributed by atoms with E-state index in [1.54, 1.807) is 13.1 Å². The van der Waals surface area contributed by atoms with Crippen molar-refractivity contribution in [2.45, 2.75) is 20.0 Å². The number of aliphatic hydroxyl groups is 1. The highest BCUT2D eigenvalue weighted by Crippen LogP contribution is 2.16. The Hall–Kier alpha value is -0.610. The molecule has 0 amide bonds. The number of hydrogen-bond acceptors (Lipinski definition) is 3. The van der Waals surface area contributed by atoms with E-state index in [1.165, 1.54) is 0 Å². The molecule has 3 nitrogen and oxygen atoms in total. The number of hydrogen-bond donors (Lipinski definition) is 2. The van der Waals surface area contributed by atoms with Crippen LogP contribution in [0.4, 0.5) is 5.82 Å². The van der Waals surface area contributed by atoms with Crippen LogP contribution in [0.5, 0.6) is 0 Å². The zero-order valence-electron chi connectivity index (χ0n) is 7.71. The summed E-state index contributed by atoms with van der Waals surface area (Å²) in [5.41, 5.74) is 1.06. The van der Waals surface area contributed by atoms with E-state index in [0.29, 0.717) is 6.54 Å². The molecule has 1 heterocycles. The number of rotatable bonds is 3. The van der Waals surface area contributed by atoms with Crippen LogP contribution in [0.1, 0.15) is 12.5 Å². The van der Waals surface area contributed by atoms with Crippen molar-refractivity contribution in [3.05, 3.63) is 22.3 Å². The van der Waals surface area contributed by atoms with Gasteiger partial charge < -0.3 is 10.4 Å². The minimum absolute atomic E-state index is 0.357. The van der Waals surface area contributed by atoms with Crippen LogP contribution in [-0.4, -0.2) is 22.7 Å². The summed E-state index contributed by atoms with van der Waals surface area (Å²) in [5.74, 6) is 0.823. The van der Waals surface area contributed by atoms with Crippen LogP contribution in [0.3, 0.4) is 0 Å². The van der Waals surface area contributed by atoms with Gasteiger partial charge in [0.1, 0.15) is 5.82 Å². The number of halogens is 1. The van der Waals surface area contributed by atoms with E-state index in [0.717, 1.165) is 15.9 Å². The van der Waals surface area contributed by atoms with Crippen LogP contribution in [0.25, 0.3) is 0 Å². The lowest BCUT2D eigenvalue weighted by molar-refractivity contribution is 0.208. The lowest BCUT2D eigenvalue weighted by Gasteiger charge is -2.09. The van der Waals surface area contributed by atoms with Gasteiger partial charge in [0.25, 0.3) is 0 Å². The van der Waals surface area contributed by atoms with E-state index in [4.69, 9.17) is 5.11 Å². The van der Waals surface area contributed by atoms with Gasteiger partial charge in [-0.2, -0.15) is 0 Å². The maximum atomic E-state index is 9.06. The zero-order valence-corrected chi connectivity index (χ0v) is 9.30. The maximum absolute atomic E-state index is 9.06. The quantitative estimate of drug-likeness (QED) is 0.855. The average Bonchev–Trinajstić information content (AvgIpc) is 2.02. The second-order valence-electron chi connectivity index (χ2n) is 3.05. The minimum Gasteiger partial charge on any atom is -0.392 e. The summed E-state index contributed by atoms with van der Waals surface area (Å²) < 4.78 is 0.965. The number of anilines is 1. The highest BCUT2D eigenvalue weighted by Gasteiger charge is 2.01.